The van der Waals surface area contributed by atoms with E-state index in [1.165, 1.54) is 25.7 Å². The lowest BCUT2D eigenvalue weighted by atomic mass is 10.1. The molecule has 0 heterocycles. The van der Waals surface area contributed by atoms with E-state index in [0.717, 1.165) is 11.8 Å². The maximum absolute atomic E-state index is 5.88. The van der Waals surface area contributed by atoms with Gasteiger partial charge in [-0.05, 0) is 37.5 Å². The van der Waals surface area contributed by atoms with Gasteiger partial charge in [-0.1, -0.05) is 12.2 Å². The monoisotopic (exact) mass is 137 g/mol. The summed E-state index contributed by atoms with van der Waals surface area (Å²) < 4.78 is 0. The zero-order valence-electron chi connectivity index (χ0n) is 6.29. The van der Waals surface area contributed by atoms with Crippen molar-refractivity contribution >= 4 is 0 Å². The summed E-state index contributed by atoms with van der Waals surface area (Å²) in [7, 11) is 0. The first-order valence-electron chi connectivity index (χ1n) is 4.30. The average Bonchev–Trinajstić information content (AvgIpc) is 2.39. The lowest BCUT2D eigenvalue weighted by Gasteiger charge is -1.98. The highest BCUT2D eigenvalue weighted by atomic mass is 14.8. The largest absolute Gasteiger partial charge is 0.327 e. The van der Waals surface area contributed by atoms with E-state index in [0.29, 0.717) is 6.04 Å². The minimum atomic E-state index is 0.555. The number of nitrogens with two attached hydrogens (primary N) is 1. The summed E-state index contributed by atoms with van der Waals surface area (Å²) >= 11 is 0. The van der Waals surface area contributed by atoms with E-state index in [1.54, 1.807) is 0 Å². The van der Waals surface area contributed by atoms with Gasteiger partial charge in [0.25, 0.3) is 0 Å². The Morgan fingerprint density at radius 1 is 1.00 bits per heavy atom. The van der Waals surface area contributed by atoms with Crippen molar-refractivity contribution in [1.29, 1.82) is 0 Å². The van der Waals surface area contributed by atoms with Crippen LogP contribution in [0.5, 0.6) is 0 Å². The second-order valence-corrected chi connectivity index (χ2v) is 3.53. The second-order valence-electron chi connectivity index (χ2n) is 3.53. The Hall–Kier alpha value is -0.300. The fourth-order valence-electron chi connectivity index (χ4n) is 2.10. The molecule has 2 aliphatic rings. The molecule has 1 saturated carbocycles. The summed E-state index contributed by atoms with van der Waals surface area (Å²) in [5, 5.41) is 0. The molecule has 1 heteroatoms. The van der Waals surface area contributed by atoms with Crippen LogP contribution in [0.15, 0.2) is 12.2 Å². The molecule has 0 amide bonds. The first-order valence-corrected chi connectivity index (χ1v) is 4.30. The lowest BCUT2D eigenvalue weighted by molar-refractivity contribution is 0.605. The molecular formula is C9H15N. The highest BCUT2D eigenvalue weighted by Crippen LogP contribution is 2.44. The summed E-state index contributed by atoms with van der Waals surface area (Å²) in [6.07, 6.45) is 9.80. The number of allylic oxidation sites excluding steroid dienone is 2. The van der Waals surface area contributed by atoms with Gasteiger partial charge in [0.05, 0.1) is 0 Å². The van der Waals surface area contributed by atoms with E-state index in [2.05, 4.69) is 12.2 Å². The molecule has 0 aromatic carbocycles. The molecule has 3 atom stereocenters. The first-order chi connectivity index (χ1) is 4.89. The van der Waals surface area contributed by atoms with Gasteiger partial charge in [-0.15, -0.1) is 0 Å². The molecule has 0 saturated heterocycles. The van der Waals surface area contributed by atoms with Crippen molar-refractivity contribution in [2.24, 2.45) is 17.6 Å². The van der Waals surface area contributed by atoms with Crippen molar-refractivity contribution < 1.29 is 0 Å². The Labute approximate surface area is 62.3 Å². The van der Waals surface area contributed by atoms with Gasteiger partial charge >= 0.3 is 0 Å². The number of hydrogen-bond acceptors (Lipinski definition) is 1. The third-order valence-electron chi connectivity index (χ3n) is 2.90. The van der Waals surface area contributed by atoms with Gasteiger partial charge in [-0.2, -0.15) is 0 Å². The number of hydrogen-bond donors (Lipinski definition) is 1. The van der Waals surface area contributed by atoms with E-state index < -0.39 is 0 Å². The molecule has 0 aliphatic heterocycles. The third-order valence-corrected chi connectivity index (χ3v) is 2.90. The highest BCUT2D eigenvalue weighted by Gasteiger charge is 2.45. The van der Waals surface area contributed by atoms with Gasteiger partial charge in [0.15, 0.2) is 0 Å². The maximum atomic E-state index is 5.88. The molecule has 0 spiro atoms. The van der Waals surface area contributed by atoms with E-state index >= 15 is 0 Å². The van der Waals surface area contributed by atoms with Crippen LogP contribution in [0, 0.1) is 11.8 Å². The van der Waals surface area contributed by atoms with Crippen LogP contribution < -0.4 is 5.73 Å². The molecule has 2 rings (SSSR count). The molecule has 0 aromatic heterocycles. The normalized spacial score (nSPS) is 48.7. The smallest absolute Gasteiger partial charge is 0.0102 e. The molecule has 2 aliphatic carbocycles. The molecule has 1 fully saturated rings. The average molecular weight is 137 g/mol. The summed E-state index contributed by atoms with van der Waals surface area (Å²) in [4.78, 5) is 0. The van der Waals surface area contributed by atoms with Crippen LogP contribution in [0.2, 0.25) is 0 Å². The molecular weight excluding hydrogens is 122 g/mol. The second kappa shape index (κ2) is 2.39. The minimum Gasteiger partial charge on any atom is -0.327 e. The van der Waals surface area contributed by atoms with Gasteiger partial charge in [0, 0.05) is 6.04 Å². The van der Waals surface area contributed by atoms with Crippen LogP contribution in [0.1, 0.15) is 25.7 Å². The van der Waals surface area contributed by atoms with Gasteiger partial charge in [-0.25, -0.2) is 0 Å². The Morgan fingerprint density at radius 2 is 1.50 bits per heavy atom. The summed E-state index contributed by atoms with van der Waals surface area (Å²) in [6.45, 7) is 0. The van der Waals surface area contributed by atoms with Crippen LogP contribution in [-0.4, -0.2) is 6.04 Å². The quantitative estimate of drug-likeness (QED) is 0.505. The minimum absolute atomic E-state index is 0.555. The van der Waals surface area contributed by atoms with Crippen molar-refractivity contribution in [3.63, 3.8) is 0 Å². The predicted octanol–water partition coefficient (Wildman–Crippen LogP) is 1.69. The van der Waals surface area contributed by atoms with Gasteiger partial charge in [-0.3, -0.25) is 0 Å². The Morgan fingerprint density at radius 3 is 2.00 bits per heavy atom. The van der Waals surface area contributed by atoms with Crippen LogP contribution >= 0.6 is 0 Å². The molecule has 10 heavy (non-hydrogen) atoms. The summed E-state index contributed by atoms with van der Waals surface area (Å²) in [6, 6.07) is 0.555. The molecule has 0 aromatic rings. The highest BCUT2D eigenvalue weighted by molar-refractivity contribution is 5.04. The third kappa shape index (κ3) is 0.988. The number of rotatable bonds is 0. The fourth-order valence-corrected chi connectivity index (χ4v) is 2.10. The van der Waals surface area contributed by atoms with Crippen molar-refractivity contribution in [2.45, 2.75) is 31.7 Å². The van der Waals surface area contributed by atoms with Crippen LogP contribution in [0.3, 0.4) is 0 Å². The molecule has 0 radical (unpaired) electrons. The number of fused-ring (bicyclic) bond motifs is 1. The zero-order valence-corrected chi connectivity index (χ0v) is 6.29. The van der Waals surface area contributed by atoms with Crippen LogP contribution in [0.4, 0.5) is 0 Å². The summed E-state index contributed by atoms with van der Waals surface area (Å²) in [5.74, 6) is 1.76. The molecule has 1 nitrogen and oxygen atoms in total. The molecule has 56 valence electrons. The Bertz CT molecular complexity index is 135. The Balaban J connectivity index is 1.94. The maximum Gasteiger partial charge on any atom is 0.0102 e. The van der Waals surface area contributed by atoms with Crippen molar-refractivity contribution in [1.82, 2.24) is 0 Å². The molecule has 2 N–H and O–H groups in total. The van der Waals surface area contributed by atoms with Crippen LogP contribution in [-0.2, 0) is 0 Å². The summed E-state index contributed by atoms with van der Waals surface area (Å²) in [5.41, 5.74) is 5.88. The first kappa shape index (κ1) is 6.41. The van der Waals surface area contributed by atoms with Gasteiger partial charge in [0.2, 0.25) is 0 Å². The van der Waals surface area contributed by atoms with Gasteiger partial charge < -0.3 is 5.73 Å². The van der Waals surface area contributed by atoms with Crippen LogP contribution in [0.25, 0.3) is 0 Å². The molecule has 0 bridgehead atoms. The fraction of sp³-hybridized carbons (Fsp3) is 0.778. The lowest BCUT2D eigenvalue weighted by Crippen LogP contribution is -2.03. The van der Waals surface area contributed by atoms with Crippen molar-refractivity contribution in [3.8, 4) is 0 Å². The van der Waals surface area contributed by atoms with E-state index in [9.17, 15) is 0 Å². The van der Waals surface area contributed by atoms with Crippen molar-refractivity contribution in [3.05, 3.63) is 12.2 Å². The topological polar surface area (TPSA) is 26.0 Å². The SMILES string of the molecule is NC1[C@H]2CC/C=C\CC[C@@H]12. The Kier molecular flexibility index (Phi) is 1.53. The van der Waals surface area contributed by atoms with Gasteiger partial charge in [0.1, 0.15) is 0 Å². The standard InChI is InChI=1S/C9H15N/c10-9-7-5-3-1-2-4-6-8(7)9/h1-2,7-9H,3-6,10H2/b2-1-/t7-,8+,9?. The van der Waals surface area contributed by atoms with Crippen molar-refractivity contribution in [2.75, 3.05) is 0 Å². The molecule has 1 unspecified atom stereocenters. The zero-order chi connectivity index (χ0) is 6.97. The predicted molar refractivity (Wildman–Crippen MR) is 42.6 cm³/mol. The van der Waals surface area contributed by atoms with E-state index in [1.807, 2.05) is 0 Å². The van der Waals surface area contributed by atoms with E-state index in [-0.39, 0.29) is 0 Å². The van der Waals surface area contributed by atoms with E-state index in [4.69, 9.17) is 5.73 Å².